The first-order chi connectivity index (χ1) is 15.8. The quantitative estimate of drug-likeness (QED) is 0.476. The largest absolute Gasteiger partial charge is 0.497 e. The van der Waals surface area contributed by atoms with E-state index in [0.29, 0.717) is 22.0 Å². The average Bonchev–Trinajstić information content (AvgIpc) is 3.16. The van der Waals surface area contributed by atoms with E-state index in [1.807, 2.05) is 22.9 Å². The molecule has 3 aromatic rings. The highest BCUT2D eigenvalue weighted by Crippen LogP contribution is 2.40. The fourth-order valence-corrected chi connectivity index (χ4v) is 5.34. The molecule has 0 radical (unpaired) electrons. The summed E-state index contributed by atoms with van der Waals surface area (Å²) in [5.41, 5.74) is 10.8. The summed E-state index contributed by atoms with van der Waals surface area (Å²) in [6.45, 7) is 7.52. The predicted octanol–water partition coefficient (Wildman–Crippen LogP) is 6.08. The number of ether oxygens (including phenoxy) is 1. The van der Waals surface area contributed by atoms with Crippen molar-refractivity contribution in [2.45, 2.75) is 46.1 Å². The van der Waals surface area contributed by atoms with Crippen LogP contribution in [0.4, 0.5) is 0 Å². The number of benzene rings is 2. The molecule has 2 heterocycles. The molecule has 2 aromatic carbocycles. The maximum absolute atomic E-state index is 6.63. The lowest BCUT2D eigenvalue weighted by molar-refractivity contribution is 0.0842. The number of aromatic nitrogens is 2. The number of hydrogen-bond donors (Lipinski definition) is 1. The van der Waals surface area contributed by atoms with Crippen molar-refractivity contribution in [3.05, 3.63) is 63.3 Å². The number of hydrogen-bond acceptors (Lipinski definition) is 4. The van der Waals surface area contributed by atoms with Crippen LogP contribution in [0.2, 0.25) is 10.0 Å². The first kappa shape index (κ1) is 22.7. The second-order valence-corrected chi connectivity index (χ2v) is 10.6. The molecule has 5 rings (SSSR count). The van der Waals surface area contributed by atoms with Gasteiger partial charge < -0.3 is 4.74 Å². The second-order valence-electron chi connectivity index (χ2n) is 9.79. The number of halogens is 2. The lowest BCUT2D eigenvalue weighted by Gasteiger charge is -2.37. The molecule has 0 bridgehead atoms. The van der Waals surface area contributed by atoms with Crippen molar-refractivity contribution in [3.8, 4) is 22.7 Å². The summed E-state index contributed by atoms with van der Waals surface area (Å²) in [6, 6.07) is 11.9. The van der Waals surface area contributed by atoms with Crippen LogP contribution < -0.4 is 10.2 Å². The number of piperidine rings is 1. The van der Waals surface area contributed by atoms with E-state index >= 15 is 0 Å². The molecule has 5 nitrogen and oxygen atoms in total. The van der Waals surface area contributed by atoms with Gasteiger partial charge >= 0.3 is 0 Å². The van der Waals surface area contributed by atoms with Crippen molar-refractivity contribution in [2.24, 2.45) is 5.41 Å². The van der Waals surface area contributed by atoms with Gasteiger partial charge in [0.15, 0.2) is 0 Å². The van der Waals surface area contributed by atoms with Crippen LogP contribution >= 0.6 is 23.2 Å². The zero-order valence-electron chi connectivity index (χ0n) is 19.4. The van der Waals surface area contributed by atoms with Gasteiger partial charge in [0.05, 0.1) is 35.8 Å². The molecule has 1 aliphatic carbocycles. The lowest BCUT2D eigenvalue weighted by Crippen LogP contribution is -2.45. The molecule has 2 aliphatic rings. The van der Waals surface area contributed by atoms with Crippen LogP contribution in [0.5, 0.6) is 5.75 Å². The van der Waals surface area contributed by atoms with Crippen LogP contribution in [-0.4, -0.2) is 35.0 Å². The molecule has 0 atom stereocenters. The minimum Gasteiger partial charge on any atom is -0.497 e. The first-order valence-electron chi connectivity index (χ1n) is 11.6. The highest BCUT2D eigenvalue weighted by Gasteiger charge is 2.29. The first-order valence-corrected chi connectivity index (χ1v) is 12.3. The van der Waals surface area contributed by atoms with Crippen LogP contribution in [0.15, 0.2) is 36.4 Å². The summed E-state index contributed by atoms with van der Waals surface area (Å²) in [5, 5.41) is 8.62. The van der Waals surface area contributed by atoms with Gasteiger partial charge in [0.2, 0.25) is 0 Å². The van der Waals surface area contributed by atoms with Crippen molar-refractivity contribution >= 4 is 23.2 Å². The van der Waals surface area contributed by atoms with Crippen LogP contribution in [0, 0.1) is 5.41 Å². The van der Waals surface area contributed by atoms with Crippen molar-refractivity contribution in [1.29, 1.82) is 0 Å². The SMILES string of the molecule is COc1ccc2c(c1)CCc1c(CNN3CCC(C)(C)CC3)nn(-c3ccc(Cl)cc3Cl)c1-2. The summed E-state index contributed by atoms with van der Waals surface area (Å²) >= 11 is 12.8. The molecule has 1 aliphatic heterocycles. The van der Waals surface area contributed by atoms with Crippen LogP contribution in [0.25, 0.3) is 16.9 Å². The third kappa shape index (κ3) is 4.52. The summed E-state index contributed by atoms with van der Waals surface area (Å²) in [7, 11) is 1.71. The third-order valence-corrected chi connectivity index (χ3v) is 7.54. The number of rotatable bonds is 5. The number of nitrogens with zero attached hydrogens (tertiary/aromatic N) is 3. The standard InChI is InChI=1S/C26H30Cl2N4O/c1-26(2)10-12-31(13-11-26)29-16-23-21-7-4-17-14-19(33-3)6-8-20(17)25(21)32(30-23)24-9-5-18(27)15-22(24)28/h5-6,8-9,14-15,29H,4,7,10-13,16H2,1-3H3. The van der Waals surface area contributed by atoms with E-state index in [1.54, 1.807) is 13.2 Å². The van der Waals surface area contributed by atoms with Crippen LogP contribution in [0.3, 0.4) is 0 Å². The molecule has 7 heteroatoms. The monoisotopic (exact) mass is 484 g/mol. The van der Waals surface area contributed by atoms with Gasteiger partial charge in [-0.1, -0.05) is 37.0 Å². The van der Waals surface area contributed by atoms with E-state index in [-0.39, 0.29) is 0 Å². The zero-order chi connectivity index (χ0) is 23.2. The normalized spacial score (nSPS) is 17.5. The summed E-state index contributed by atoms with van der Waals surface area (Å²) in [4.78, 5) is 0. The Morgan fingerprint density at radius 2 is 1.85 bits per heavy atom. The number of nitrogens with one attached hydrogen (secondary N) is 1. The van der Waals surface area contributed by atoms with Crippen LogP contribution in [-0.2, 0) is 19.4 Å². The van der Waals surface area contributed by atoms with Crippen molar-refractivity contribution < 1.29 is 4.74 Å². The topological polar surface area (TPSA) is 42.3 Å². The average molecular weight is 485 g/mol. The number of aryl methyl sites for hydroxylation is 1. The maximum atomic E-state index is 6.63. The summed E-state index contributed by atoms with van der Waals surface area (Å²) in [5.74, 6) is 0.878. The number of hydrazine groups is 1. The smallest absolute Gasteiger partial charge is 0.119 e. The van der Waals surface area contributed by atoms with Gasteiger partial charge in [-0.2, -0.15) is 5.10 Å². The highest BCUT2D eigenvalue weighted by atomic mass is 35.5. The molecule has 1 N–H and O–H groups in total. The van der Waals surface area contributed by atoms with Crippen molar-refractivity contribution in [2.75, 3.05) is 20.2 Å². The maximum Gasteiger partial charge on any atom is 0.119 e. The van der Waals surface area contributed by atoms with Gasteiger partial charge in [-0.25, -0.2) is 15.1 Å². The van der Waals surface area contributed by atoms with Crippen molar-refractivity contribution in [1.82, 2.24) is 20.2 Å². The third-order valence-electron chi connectivity index (χ3n) is 7.00. The van der Waals surface area contributed by atoms with Gasteiger partial charge in [-0.15, -0.1) is 0 Å². The Hall–Kier alpha value is -2.05. The molecule has 1 aromatic heterocycles. The van der Waals surface area contributed by atoms with E-state index < -0.39 is 0 Å². The van der Waals surface area contributed by atoms with E-state index in [2.05, 4.69) is 36.4 Å². The Bertz CT molecular complexity index is 1180. The highest BCUT2D eigenvalue weighted by molar-refractivity contribution is 6.35. The Morgan fingerprint density at radius 3 is 2.58 bits per heavy atom. The van der Waals surface area contributed by atoms with Gasteiger partial charge in [-0.05, 0) is 73.1 Å². The fraction of sp³-hybridized carbons (Fsp3) is 0.423. The summed E-state index contributed by atoms with van der Waals surface area (Å²) < 4.78 is 7.46. The molecular weight excluding hydrogens is 455 g/mol. The predicted molar refractivity (Wildman–Crippen MR) is 134 cm³/mol. The fourth-order valence-electron chi connectivity index (χ4n) is 4.86. The molecule has 33 heavy (non-hydrogen) atoms. The molecule has 174 valence electrons. The van der Waals surface area contributed by atoms with Crippen LogP contribution in [0.1, 0.15) is 43.5 Å². The Morgan fingerprint density at radius 1 is 1.06 bits per heavy atom. The molecule has 0 unspecified atom stereocenters. The minimum atomic E-state index is 0.426. The van der Waals surface area contributed by atoms with Gasteiger partial charge in [0.25, 0.3) is 0 Å². The zero-order valence-corrected chi connectivity index (χ0v) is 20.9. The van der Waals surface area contributed by atoms with Gasteiger partial charge in [0.1, 0.15) is 5.75 Å². The molecule has 0 saturated carbocycles. The molecular formula is C26H30Cl2N4O. The van der Waals surface area contributed by atoms with Gasteiger partial charge in [-0.3, -0.25) is 0 Å². The summed E-state index contributed by atoms with van der Waals surface area (Å²) in [6.07, 6.45) is 4.29. The molecule has 0 spiro atoms. The van der Waals surface area contributed by atoms with E-state index in [4.69, 9.17) is 33.0 Å². The van der Waals surface area contributed by atoms with E-state index in [0.717, 1.165) is 48.8 Å². The van der Waals surface area contributed by atoms with E-state index in [1.165, 1.54) is 29.5 Å². The Kier molecular flexibility index (Phi) is 6.17. The molecule has 1 saturated heterocycles. The molecule has 1 fully saturated rings. The van der Waals surface area contributed by atoms with E-state index in [9.17, 15) is 0 Å². The number of fused-ring (bicyclic) bond motifs is 3. The second kappa shape index (κ2) is 8.95. The Labute approximate surface area is 205 Å². The lowest BCUT2D eigenvalue weighted by atomic mass is 9.83. The Balaban J connectivity index is 1.53. The van der Waals surface area contributed by atoms with Gasteiger partial charge in [0, 0.05) is 29.2 Å². The minimum absolute atomic E-state index is 0.426. The van der Waals surface area contributed by atoms with Crippen molar-refractivity contribution in [3.63, 3.8) is 0 Å². The molecule has 0 amide bonds. The number of methoxy groups -OCH3 is 1.